The minimum Gasteiger partial charge on any atom is -0.481 e. The molecule has 1 amide bonds. The van der Waals surface area contributed by atoms with E-state index in [9.17, 15) is 14.4 Å². The molecule has 226 valence electrons. The van der Waals surface area contributed by atoms with Gasteiger partial charge in [0.15, 0.2) is 0 Å². The summed E-state index contributed by atoms with van der Waals surface area (Å²) in [6.45, 7) is 9.05. The highest BCUT2D eigenvalue weighted by Gasteiger charge is 2.31. The molecule has 1 aromatic carbocycles. The Hall–Kier alpha value is -4.12. The first-order chi connectivity index (χ1) is 20.0. The number of benzene rings is 1. The highest BCUT2D eigenvalue weighted by molar-refractivity contribution is 5.77. The number of nitrogens with zero attached hydrogens (tertiary/aromatic N) is 5. The average Bonchev–Trinajstić information content (AvgIpc) is 3.32. The summed E-state index contributed by atoms with van der Waals surface area (Å²) in [4.78, 5) is 43.6. The van der Waals surface area contributed by atoms with E-state index >= 15 is 0 Å². The number of aliphatic carboxylic acids is 1. The van der Waals surface area contributed by atoms with E-state index in [2.05, 4.69) is 45.5 Å². The maximum absolute atomic E-state index is 12.5. The Bertz CT molecular complexity index is 1330. The number of carbonyl (C=O) groups is 3. The zero-order valence-corrected chi connectivity index (χ0v) is 25.2. The number of aryl methyl sites for hydroxylation is 3. The lowest BCUT2D eigenvalue weighted by Crippen LogP contribution is -2.55. The number of carboxylic acid groups (broad SMARTS) is 1. The van der Waals surface area contributed by atoms with Crippen LogP contribution in [-0.4, -0.2) is 72.7 Å². The summed E-state index contributed by atoms with van der Waals surface area (Å²) in [6.07, 6.45) is 8.96. The van der Waals surface area contributed by atoms with Crippen molar-refractivity contribution in [2.24, 2.45) is 7.05 Å². The van der Waals surface area contributed by atoms with E-state index < -0.39 is 5.97 Å². The van der Waals surface area contributed by atoms with E-state index in [0.717, 1.165) is 28.9 Å². The number of nitrogens with one attached hydrogen (secondary N) is 1. The highest BCUT2D eigenvalue weighted by atomic mass is 16.5. The van der Waals surface area contributed by atoms with Crippen molar-refractivity contribution in [3.05, 3.63) is 54.0 Å². The summed E-state index contributed by atoms with van der Waals surface area (Å²) in [5.41, 5.74) is 5.03. The molecule has 0 spiro atoms. The van der Waals surface area contributed by atoms with Gasteiger partial charge in [-0.3, -0.25) is 14.3 Å². The number of hydrogen-bond donors (Lipinski definition) is 2. The second-order valence-electron chi connectivity index (χ2n) is 10.8. The van der Waals surface area contributed by atoms with Crippen LogP contribution in [0.25, 0.3) is 11.3 Å². The molecule has 0 atom stereocenters. The zero-order valence-electron chi connectivity index (χ0n) is 25.2. The van der Waals surface area contributed by atoms with Gasteiger partial charge in [0, 0.05) is 57.4 Å². The SMILES string of the molecule is CC(=O)CCCCC(=O)O.Cc1cc(-c2ccnc(Nc3cnn(C)c3)n2)ccc1CCC(=O)N1CC(OC(C)C)C1. The fourth-order valence-corrected chi connectivity index (χ4v) is 4.49. The van der Waals surface area contributed by atoms with Gasteiger partial charge in [0.1, 0.15) is 5.78 Å². The van der Waals surface area contributed by atoms with Gasteiger partial charge in [-0.1, -0.05) is 12.1 Å². The molecule has 3 heterocycles. The number of hydrogen-bond acceptors (Lipinski definition) is 8. The molecule has 0 saturated carbocycles. The first-order valence-electron chi connectivity index (χ1n) is 14.3. The maximum atomic E-state index is 12.5. The predicted molar refractivity (Wildman–Crippen MR) is 160 cm³/mol. The second-order valence-corrected chi connectivity index (χ2v) is 10.8. The van der Waals surface area contributed by atoms with Crippen LogP contribution in [0.4, 0.5) is 11.6 Å². The van der Waals surface area contributed by atoms with Crippen LogP contribution >= 0.6 is 0 Å². The monoisotopic (exact) mass is 578 g/mol. The normalized spacial score (nSPS) is 12.9. The number of unbranched alkanes of at least 4 members (excludes halogenated alkanes) is 1. The maximum Gasteiger partial charge on any atom is 0.303 e. The van der Waals surface area contributed by atoms with Crippen molar-refractivity contribution in [2.45, 2.75) is 78.4 Å². The topological polar surface area (TPSA) is 140 Å². The number of aromatic nitrogens is 4. The first kappa shape index (κ1) is 32.4. The summed E-state index contributed by atoms with van der Waals surface area (Å²) in [5.74, 6) is 0.0602. The van der Waals surface area contributed by atoms with Gasteiger partial charge in [-0.25, -0.2) is 9.97 Å². The molecule has 0 aliphatic carbocycles. The van der Waals surface area contributed by atoms with Gasteiger partial charge in [-0.05, 0) is 70.2 Å². The molecule has 1 fully saturated rings. The Kier molecular flexibility index (Phi) is 12.2. The number of anilines is 2. The van der Waals surface area contributed by atoms with Crippen molar-refractivity contribution in [2.75, 3.05) is 18.4 Å². The average molecular weight is 579 g/mol. The number of carbonyl (C=O) groups excluding carboxylic acids is 2. The van der Waals surface area contributed by atoms with Crippen molar-refractivity contribution in [1.29, 1.82) is 0 Å². The molecular formula is C31H42N6O5. The lowest BCUT2D eigenvalue weighted by Gasteiger charge is -2.40. The van der Waals surface area contributed by atoms with Crippen LogP contribution in [0.15, 0.2) is 42.9 Å². The molecule has 0 bridgehead atoms. The number of amides is 1. The van der Waals surface area contributed by atoms with Gasteiger partial charge in [0.2, 0.25) is 11.9 Å². The number of ether oxygens (including phenoxy) is 1. The summed E-state index contributed by atoms with van der Waals surface area (Å²) in [6, 6.07) is 8.16. The van der Waals surface area contributed by atoms with Crippen LogP contribution in [0.1, 0.15) is 64.0 Å². The molecule has 2 N–H and O–H groups in total. The number of rotatable bonds is 13. The Morgan fingerprint density at radius 2 is 1.86 bits per heavy atom. The Morgan fingerprint density at radius 3 is 2.48 bits per heavy atom. The van der Waals surface area contributed by atoms with Crippen LogP contribution in [0.5, 0.6) is 0 Å². The number of likely N-dealkylation sites (tertiary alicyclic amines) is 1. The molecule has 4 rings (SSSR count). The number of Topliss-reactive ketones (excluding diaryl/α,β-unsaturated/α-hetero) is 1. The lowest BCUT2D eigenvalue weighted by molar-refractivity contribution is -0.148. The molecule has 2 aromatic heterocycles. The lowest BCUT2D eigenvalue weighted by atomic mass is 9.99. The van der Waals surface area contributed by atoms with E-state index in [1.54, 1.807) is 17.1 Å². The van der Waals surface area contributed by atoms with Crippen molar-refractivity contribution >= 4 is 29.3 Å². The molecule has 11 nitrogen and oxygen atoms in total. The molecule has 42 heavy (non-hydrogen) atoms. The summed E-state index contributed by atoms with van der Waals surface area (Å²) in [5, 5.41) is 15.5. The van der Waals surface area contributed by atoms with E-state index in [1.807, 2.05) is 38.1 Å². The van der Waals surface area contributed by atoms with Crippen LogP contribution in [0.2, 0.25) is 0 Å². The van der Waals surface area contributed by atoms with Crippen molar-refractivity contribution in [3.63, 3.8) is 0 Å². The molecule has 0 radical (unpaired) electrons. The van der Waals surface area contributed by atoms with Gasteiger partial charge in [-0.2, -0.15) is 5.10 Å². The second kappa shape index (κ2) is 15.8. The minimum absolute atomic E-state index is 0.130. The van der Waals surface area contributed by atoms with Crippen molar-refractivity contribution in [3.8, 4) is 11.3 Å². The predicted octanol–water partition coefficient (Wildman–Crippen LogP) is 4.72. The van der Waals surface area contributed by atoms with Gasteiger partial charge in [0.05, 0.1) is 29.8 Å². The summed E-state index contributed by atoms with van der Waals surface area (Å²) < 4.78 is 7.45. The largest absolute Gasteiger partial charge is 0.481 e. The van der Waals surface area contributed by atoms with Crippen LogP contribution in [-0.2, 0) is 32.6 Å². The van der Waals surface area contributed by atoms with E-state index in [4.69, 9.17) is 9.84 Å². The number of ketones is 1. The van der Waals surface area contributed by atoms with Gasteiger partial charge in [-0.15, -0.1) is 0 Å². The van der Waals surface area contributed by atoms with E-state index in [0.29, 0.717) is 44.7 Å². The van der Waals surface area contributed by atoms with Gasteiger partial charge < -0.3 is 24.9 Å². The fraction of sp³-hybridized carbons (Fsp3) is 0.484. The highest BCUT2D eigenvalue weighted by Crippen LogP contribution is 2.24. The summed E-state index contributed by atoms with van der Waals surface area (Å²) >= 11 is 0. The molecule has 3 aromatic rings. The van der Waals surface area contributed by atoms with Crippen molar-refractivity contribution < 1.29 is 24.2 Å². The van der Waals surface area contributed by atoms with Gasteiger partial charge >= 0.3 is 5.97 Å². The summed E-state index contributed by atoms with van der Waals surface area (Å²) in [7, 11) is 1.86. The smallest absolute Gasteiger partial charge is 0.303 e. The first-order valence-corrected chi connectivity index (χ1v) is 14.3. The number of carboxylic acids is 1. The Balaban J connectivity index is 0.000000416. The zero-order chi connectivity index (χ0) is 30.6. The van der Waals surface area contributed by atoms with E-state index in [-0.39, 0.29) is 30.3 Å². The standard InChI is InChI=1S/C24H30N6O2.C7H12O3/c1-16(2)32-21-14-30(15-21)23(31)8-7-18-5-6-19(11-17(18)3)22-9-10-25-24(28-22)27-20-12-26-29(4)13-20;1-6(8)4-2-3-5-7(9)10/h5-6,9-13,16,21H,7-8,14-15H2,1-4H3,(H,25,27,28);2-5H2,1H3,(H,9,10). The molecule has 1 aliphatic rings. The van der Waals surface area contributed by atoms with E-state index in [1.165, 1.54) is 12.5 Å². The third kappa shape index (κ3) is 10.7. The Morgan fingerprint density at radius 1 is 1.12 bits per heavy atom. The molecule has 0 unspecified atom stereocenters. The minimum atomic E-state index is -0.788. The van der Waals surface area contributed by atoms with Crippen LogP contribution in [0.3, 0.4) is 0 Å². The third-order valence-electron chi connectivity index (χ3n) is 6.70. The Labute approximate surface area is 247 Å². The quantitative estimate of drug-likeness (QED) is 0.276. The van der Waals surface area contributed by atoms with Crippen LogP contribution < -0.4 is 5.32 Å². The van der Waals surface area contributed by atoms with Crippen LogP contribution in [0, 0.1) is 6.92 Å². The van der Waals surface area contributed by atoms with Gasteiger partial charge in [0.25, 0.3) is 0 Å². The fourth-order valence-electron chi connectivity index (χ4n) is 4.49. The molecular weight excluding hydrogens is 536 g/mol. The third-order valence-corrected chi connectivity index (χ3v) is 6.70. The van der Waals surface area contributed by atoms with Crippen molar-refractivity contribution in [1.82, 2.24) is 24.6 Å². The molecule has 1 saturated heterocycles. The molecule has 11 heteroatoms. The molecule has 1 aliphatic heterocycles.